The Morgan fingerprint density at radius 3 is 2.68 bits per heavy atom. The molecule has 0 aliphatic carbocycles. The van der Waals surface area contributed by atoms with Gasteiger partial charge in [-0.2, -0.15) is 4.98 Å². The van der Waals surface area contributed by atoms with Gasteiger partial charge in [-0.15, -0.1) is 24.0 Å². The minimum absolute atomic E-state index is 0. The van der Waals surface area contributed by atoms with E-state index in [9.17, 15) is 0 Å². The zero-order valence-corrected chi connectivity index (χ0v) is 17.4. The fourth-order valence-electron chi connectivity index (χ4n) is 2.08. The fourth-order valence-corrected chi connectivity index (χ4v) is 2.08. The van der Waals surface area contributed by atoms with Gasteiger partial charge in [0.05, 0.1) is 6.54 Å². The summed E-state index contributed by atoms with van der Waals surface area (Å²) in [7, 11) is 0. The van der Waals surface area contributed by atoms with E-state index in [2.05, 4.69) is 25.8 Å². The maximum Gasteiger partial charge on any atom is 0.223 e. The van der Waals surface area contributed by atoms with Gasteiger partial charge >= 0.3 is 0 Å². The second-order valence-electron chi connectivity index (χ2n) is 5.50. The highest BCUT2D eigenvalue weighted by molar-refractivity contribution is 14.0. The molecule has 8 heteroatoms. The van der Waals surface area contributed by atoms with Gasteiger partial charge in [-0.3, -0.25) is 0 Å². The quantitative estimate of drug-likeness (QED) is 0.377. The Bertz CT molecular complexity index is 675. The summed E-state index contributed by atoms with van der Waals surface area (Å²) >= 11 is 0. The van der Waals surface area contributed by atoms with Gasteiger partial charge in [0.25, 0.3) is 0 Å². The zero-order valence-electron chi connectivity index (χ0n) is 15.1. The van der Waals surface area contributed by atoms with Gasteiger partial charge in [-0.1, -0.05) is 23.4 Å². The molecule has 2 rings (SSSR count). The molecular weight excluding hydrogens is 433 g/mol. The number of nitrogens with zero attached hydrogens (tertiary/aromatic N) is 3. The largest absolute Gasteiger partial charge is 0.489 e. The molecule has 0 saturated carbocycles. The molecule has 0 saturated heterocycles. The lowest BCUT2D eigenvalue weighted by atomic mass is 10.2. The van der Waals surface area contributed by atoms with Crippen LogP contribution in [-0.2, 0) is 6.54 Å². The van der Waals surface area contributed by atoms with Crippen molar-refractivity contribution in [1.29, 1.82) is 0 Å². The van der Waals surface area contributed by atoms with E-state index < -0.39 is 0 Å². The van der Waals surface area contributed by atoms with Crippen LogP contribution in [0.3, 0.4) is 0 Å². The lowest BCUT2D eigenvalue weighted by Gasteiger charge is -2.18. The van der Waals surface area contributed by atoms with Gasteiger partial charge in [0.2, 0.25) is 5.89 Å². The van der Waals surface area contributed by atoms with Crippen molar-refractivity contribution < 1.29 is 9.26 Å². The number of aryl methyl sites for hydroxylation is 2. The topological polar surface area (TPSA) is 84.6 Å². The van der Waals surface area contributed by atoms with Crippen molar-refractivity contribution in [3.63, 3.8) is 0 Å². The third-order valence-corrected chi connectivity index (χ3v) is 3.27. The van der Waals surface area contributed by atoms with Crippen LogP contribution in [0.4, 0.5) is 0 Å². The maximum absolute atomic E-state index is 5.95. The molecule has 0 aliphatic rings. The number of guanidine groups is 1. The van der Waals surface area contributed by atoms with Crippen molar-refractivity contribution in [2.24, 2.45) is 4.99 Å². The van der Waals surface area contributed by atoms with Crippen LogP contribution >= 0.6 is 24.0 Å². The van der Waals surface area contributed by atoms with Crippen LogP contribution < -0.4 is 15.4 Å². The molecule has 7 nitrogen and oxygen atoms in total. The Hall–Kier alpha value is -1.84. The summed E-state index contributed by atoms with van der Waals surface area (Å²) in [6.07, 6.45) is 0.00220. The minimum Gasteiger partial charge on any atom is -0.489 e. The van der Waals surface area contributed by atoms with Crippen molar-refractivity contribution in [2.75, 3.05) is 13.1 Å². The summed E-state index contributed by atoms with van der Waals surface area (Å²) in [5, 5.41) is 10.3. The summed E-state index contributed by atoms with van der Waals surface area (Å²) in [6.45, 7) is 9.59. The summed E-state index contributed by atoms with van der Waals surface area (Å²) in [6, 6.07) is 7.99. The first-order valence-electron chi connectivity index (χ1n) is 8.12. The van der Waals surface area contributed by atoms with Gasteiger partial charge < -0.3 is 19.9 Å². The van der Waals surface area contributed by atoms with E-state index in [1.165, 1.54) is 0 Å². The normalized spacial score (nSPS) is 12.2. The summed E-state index contributed by atoms with van der Waals surface area (Å²) < 4.78 is 10.9. The predicted molar refractivity (Wildman–Crippen MR) is 109 cm³/mol. The zero-order chi connectivity index (χ0) is 17.4. The van der Waals surface area contributed by atoms with Crippen molar-refractivity contribution in [3.05, 3.63) is 41.5 Å². The molecule has 2 aromatic rings. The van der Waals surface area contributed by atoms with Crippen LogP contribution in [0.2, 0.25) is 0 Å². The molecule has 1 unspecified atom stereocenters. The number of nitrogens with one attached hydrogen (secondary N) is 2. The van der Waals surface area contributed by atoms with Crippen molar-refractivity contribution in [2.45, 2.75) is 40.3 Å². The van der Waals surface area contributed by atoms with Crippen LogP contribution in [-0.4, -0.2) is 35.3 Å². The molecule has 0 bridgehead atoms. The molecular formula is C17H26IN5O2. The van der Waals surface area contributed by atoms with Crippen molar-refractivity contribution >= 4 is 29.9 Å². The second kappa shape index (κ2) is 10.9. The van der Waals surface area contributed by atoms with Crippen LogP contribution in [0, 0.1) is 13.8 Å². The molecule has 0 fully saturated rings. The number of halogens is 1. The van der Waals surface area contributed by atoms with E-state index >= 15 is 0 Å². The molecule has 1 atom stereocenters. The Balaban J connectivity index is 0.00000312. The molecule has 1 aromatic carbocycles. The van der Waals surface area contributed by atoms with Gasteiger partial charge in [0, 0.05) is 13.5 Å². The average molecular weight is 459 g/mol. The molecule has 0 aliphatic heterocycles. The van der Waals surface area contributed by atoms with Gasteiger partial charge in [0.15, 0.2) is 11.8 Å². The fraction of sp³-hybridized carbons (Fsp3) is 0.471. The minimum atomic E-state index is 0. The average Bonchev–Trinajstić information content (AvgIpc) is 2.98. The number of benzene rings is 1. The highest BCUT2D eigenvalue weighted by atomic mass is 127. The van der Waals surface area contributed by atoms with E-state index in [1.807, 2.05) is 45.0 Å². The van der Waals surface area contributed by atoms with E-state index in [0.717, 1.165) is 17.9 Å². The molecule has 1 heterocycles. The summed E-state index contributed by atoms with van der Waals surface area (Å²) in [5.74, 6) is 2.70. The smallest absolute Gasteiger partial charge is 0.223 e. The number of aliphatic imine (C=N–C) groups is 1. The molecule has 1 aromatic heterocycles. The third kappa shape index (κ3) is 7.29. The maximum atomic E-state index is 5.95. The van der Waals surface area contributed by atoms with Gasteiger partial charge in [-0.25, -0.2) is 4.99 Å². The van der Waals surface area contributed by atoms with E-state index in [1.54, 1.807) is 6.92 Å². The molecule has 0 amide bonds. The van der Waals surface area contributed by atoms with Gasteiger partial charge in [-0.05, 0) is 32.4 Å². The van der Waals surface area contributed by atoms with Crippen LogP contribution in [0.15, 0.2) is 33.8 Å². The Morgan fingerprint density at radius 1 is 1.28 bits per heavy atom. The molecule has 25 heavy (non-hydrogen) atoms. The van der Waals surface area contributed by atoms with E-state index in [4.69, 9.17) is 9.26 Å². The van der Waals surface area contributed by atoms with Crippen LogP contribution in [0.5, 0.6) is 5.75 Å². The molecule has 0 spiro atoms. The Kier molecular flexibility index (Phi) is 9.25. The van der Waals surface area contributed by atoms with E-state index in [-0.39, 0.29) is 30.1 Å². The van der Waals surface area contributed by atoms with Crippen LogP contribution in [0.25, 0.3) is 0 Å². The number of hydrogen-bond acceptors (Lipinski definition) is 5. The first-order valence-corrected chi connectivity index (χ1v) is 8.12. The number of para-hydroxylation sites is 1. The number of hydrogen-bond donors (Lipinski definition) is 2. The Labute approximate surface area is 165 Å². The number of ether oxygens (including phenoxy) is 1. The Morgan fingerprint density at radius 2 is 2.04 bits per heavy atom. The van der Waals surface area contributed by atoms with E-state index in [0.29, 0.717) is 30.8 Å². The molecule has 2 N–H and O–H groups in total. The third-order valence-electron chi connectivity index (χ3n) is 3.27. The number of rotatable bonds is 7. The van der Waals surface area contributed by atoms with Crippen LogP contribution in [0.1, 0.15) is 31.1 Å². The standard InChI is InChI=1S/C17H25N5O2.HI/c1-5-18-17(20-11-16-21-14(4)24-22-16)19-10-13(3)23-15-9-7-6-8-12(15)2;/h6-9,13H,5,10-11H2,1-4H3,(H2,18,19,20);1H. The van der Waals surface area contributed by atoms with Crippen molar-refractivity contribution in [3.8, 4) is 5.75 Å². The number of aromatic nitrogens is 2. The summed E-state index contributed by atoms with van der Waals surface area (Å²) in [4.78, 5) is 8.59. The first-order chi connectivity index (χ1) is 11.6. The highest BCUT2D eigenvalue weighted by Gasteiger charge is 2.08. The summed E-state index contributed by atoms with van der Waals surface area (Å²) in [5.41, 5.74) is 1.12. The predicted octanol–water partition coefficient (Wildman–Crippen LogP) is 2.83. The van der Waals surface area contributed by atoms with Crippen molar-refractivity contribution in [1.82, 2.24) is 20.8 Å². The molecule has 138 valence electrons. The first kappa shape index (κ1) is 21.2. The lowest BCUT2D eigenvalue weighted by molar-refractivity contribution is 0.222. The second-order valence-corrected chi connectivity index (χ2v) is 5.50. The lowest BCUT2D eigenvalue weighted by Crippen LogP contribution is -2.41. The molecule has 0 radical (unpaired) electrons. The monoisotopic (exact) mass is 459 g/mol. The highest BCUT2D eigenvalue weighted by Crippen LogP contribution is 2.17. The SMILES string of the molecule is CCNC(=NCc1noc(C)n1)NCC(C)Oc1ccccc1C.I. The van der Waals surface area contributed by atoms with Gasteiger partial charge in [0.1, 0.15) is 18.4 Å².